The second-order valence-electron chi connectivity index (χ2n) is 6.35. The van der Waals surface area contributed by atoms with Crippen molar-refractivity contribution in [2.24, 2.45) is 0 Å². The third-order valence-corrected chi connectivity index (χ3v) is 4.58. The van der Waals surface area contributed by atoms with Crippen molar-refractivity contribution in [1.29, 1.82) is 0 Å². The van der Waals surface area contributed by atoms with Crippen LogP contribution in [-0.2, 0) is 4.74 Å². The van der Waals surface area contributed by atoms with E-state index in [1.807, 2.05) is 0 Å². The molecule has 2 fully saturated rings. The summed E-state index contributed by atoms with van der Waals surface area (Å²) in [6.07, 6.45) is 6.54. The van der Waals surface area contributed by atoms with Crippen LogP contribution >= 0.6 is 0 Å². The van der Waals surface area contributed by atoms with Gasteiger partial charge in [0.1, 0.15) is 5.69 Å². The van der Waals surface area contributed by atoms with Gasteiger partial charge in [-0.2, -0.15) is 0 Å². The smallest absolute Gasteiger partial charge is 0.270 e. The van der Waals surface area contributed by atoms with Gasteiger partial charge in [0.25, 0.3) is 5.91 Å². The molecule has 2 saturated heterocycles. The molecule has 2 aliphatic heterocycles. The first-order valence-corrected chi connectivity index (χ1v) is 8.99. The Kier molecular flexibility index (Phi) is 6.37. The largest absolute Gasteiger partial charge is 0.379 e. The molecular formula is C17H27N5O2. The van der Waals surface area contributed by atoms with Crippen molar-refractivity contribution in [3.8, 4) is 0 Å². The van der Waals surface area contributed by atoms with Crippen LogP contribution in [0.25, 0.3) is 0 Å². The quantitative estimate of drug-likeness (QED) is 0.864. The maximum atomic E-state index is 12.3. The lowest BCUT2D eigenvalue weighted by Gasteiger charge is -2.26. The molecule has 0 saturated carbocycles. The van der Waals surface area contributed by atoms with Gasteiger partial charge >= 0.3 is 0 Å². The van der Waals surface area contributed by atoms with Crippen molar-refractivity contribution in [3.05, 3.63) is 18.0 Å². The van der Waals surface area contributed by atoms with Crippen molar-refractivity contribution in [2.75, 3.05) is 57.4 Å². The van der Waals surface area contributed by atoms with Crippen molar-refractivity contribution in [1.82, 2.24) is 20.2 Å². The summed E-state index contributed by atoms with van der Waals surface area (Å²) in [7, 11) is 0. The first-order chi connectivity index (χ1) is 11.8. The number of aromatic nitrogens is 2. The molecular weight excluding hydrogens is 306 g/mol. The molecule has 0 radical (unpaired) electrons. The maximum absolute atomic E-state index is 12.3. The molecule has 132 valence electrons. The Morgan fingerprint density at radius 2 is 1.88 bits per heavy atom. The third kappa shape index (κ3) is 4.88. The van der Waals surface area contributed by atoms with Gasteiger partial charge in [-0.05, 0) is 18.9 Å². The lowest BCUT2D eigenvalue weighted by Crippen LogP contribution is -2.41. The van der Waals surface area contributed by atoms with Crippen LogP contribution in [0.5, 0.6) is 0 Å². The molecule has 1 amide bonds. The molecule has 0 atom stereocenters. The second-order valence-corrected chi connectivity index (χ2v) is 6.35. The maximum Gasteiger partial charge on any atom is 0.270 e. The van der Waals surface area contributed by atoms with Gasteiger partial charge in [0, 0.05) is 45.5 Å². The molecule has 0 aliphatic carbocycles. The minimum atomic E-state index is -0.123. The molecule has 0 aromatic carbocycles. The number of ether oxygens (including phenoxy) is 1. The van der Waals surface area contributed by atoms with E-state index in [1.165, 1.54) is 25.7 Å². The summed E-state index contributed by atoms with van der Waals surface area (Å²) < 4.78 is 5.33. The molecule has 0 spiro atoms. The number of morpholine rings is 1. The Hall–Kier alpha value is -1.73. The molecule has 1 aromatic rings. The molecule has 1 aromatic heterocycles. The Morgan fingerprint density at radius 3 is 2.62 bits per heavy atom. The van der Waals surface area contributed by atoms with E-state index in [2.05, 4.69) is 25.1 Å². The number of hydrogen-bond donors (Lipinski definition) is 1. The van der Waals surface area contributed by atoms with Gasteiger partial charge in [0.05, 0.1) is 13.2 Å². The van der Waals surface area contributed by atoms with Crippen molar-refractivity contribution >= 4 is 11.9 Å². The van der Waals surface area contributed by atoms with Crippen LogP contribution in [0.4, 0.5) is 5.95 Å². The zero-order chi connectivity index (χ0) is 16.6. The van der Waals surface area contributed by atoms with E-state index in [9.17, 15) is 4.79 Å². The average Bonchev–Trinajstić information content (AvgIpc) is 2.92. The van der Waals surface area contributed by atoms with E-state index in [0.717, 1.165) is 45.9 Å². The van der Waals surface area contributed by atoms with Gasteiger partial charge in [0.15, 0.2) is 0 Å². The fourth-order valence-electron chi connectivity index (χ4n) is 3.14. The van der Waals surface area contributed by atoms with Crippen LogP contribution in [0.2, 0.25) is 0 Å². The number of amides is 1. The third-order valence-electron chi connectivity index (χ3n) is 4.58. The molecule has 2 aliphatic rings. The first kappa shape index (κ1) is 17.1. The Labute approximate surface area is 143 Å². The molecule has 24 heavy (non-hydrogen) atoms. The number of nitrogens with zero attached hydrogens (tertiary/aromatic N) is 4. The Bertz CT molecular complexity index is 525. The fourth-order valence-corrected chi connectivity index (χ4v) is 3.14. The number of anilines is 1. The van der Waals surface area contributed by atoms with Crippen LogP contribution in [0.1, 0.15) is 36.2 Å². The highest BCUT2D eigenvalue weighted by atomic mass is 16.5. The topological polar surface area (TPSA) is 70.6 Å². The van der Waals surface area contributed by atoms with Crippen molar-refractivity contribution in [3.63, 3.8) is 0 Å². The average molecular weight is 333 g/mol. The molecule has 0 unspecified atom stereocenters. The van der Waals surface area contributed by atoms with Gasteiger partial charge in [0.2, 0.25) is 5.95 Å². The van der Waals surface area contributed by atoms with Gasteiger partial charge in [-0.3, -0.25) is 9.69 Å². The molecule has 7 nitrogen and oxygen atoms in total. The van der Waals surface area contributed by atoms with Crippen molar-refractivity contribution in [2.45, 2.75) is 25.7 Å². The fraction of sp³-hybridized carbons (Fsp3) is 0.706. The molecule has 3 rings (SSSR count). The number of hydrogen-bond acceptors (Lipinski definition) is 6. The van der Waals surface area contributed by atoms with Crippen LogP contribution in [-0.4, -0.2) is 73.3 Å². The van der Waals surface area contributed by atoms with E-state index < -0.39 is 0 Å². The Balaban J connectivity index is 1.51. The number of nitrogens with one attached hydrogen (secondary N) is 1. The van der Waals surface area contributed by atoms with Gasteiger partial charge in [-0.15, -0.1) is 0 Å². The SMILES string of the molecule is O=C(NCCN1CCOCC1)c1ccnc(N2CCCCCC2)n1. The van der Waals surface area contributed by atoms with E-state index in [1.54, 1.807) is 12.3 Å². The van der Waals surface area contributed by atoms with Crippen molar-refractivity contribution < 1.29 is 9.53 Å². The van der Waals surface area contributed by atoms with Crippen LogP contribution in [0.3, 0.4) is 0 Å². The number of carbonyl (C=O) groups is 1. The van der Waals surface area contributed by atoms with Gasteiger partial charge in [-0.1, -0.05) is 12.8 Å². The standard InChI is InChI=1S/C17H27N5O2/c23-16(18-7-10-21-11-13-24-14-12-21)15-5-6-19-17(20-15)22-8-3-1-2-4-9-22/h5-6H,1-4,7-14H2,(H,18,23). The molecule has 1 N–H and O–H groups in total. The molecule has 3 heterocycles. The zero-order valence-electron chi connectivity index (χ0n) is 14.2. The second kappa shape index (κ2) is 8.94. The summed E-state index contributed by atoms with van der Waals surface area (Å²) in [4.78, 5) is 25.6. The summed E-state index contributed by atoms with van der Waals surface area (Å²) in [5.74, 6) is 0.555. The summed E-state index contributed by atoms with van der Waals surface area (Å²) in [5.41, 5.74) is 0.450. The predicted octanol–water partition coefficient (Wildman–Crippen LogP) is 0.919. The molecule has 7 heteroatoms. The highest BCUT2D eigenvalue weighted by Gasteiger charge is 2.15. The minimum absolute atomic E-state index is 0.123. The van der Waals surface area contributed by atoms with E-state index >= 15 is 0 Å². The molecule has 0 bridgehead atoms. The summed E-state index contributed by atoms with van der Waals surface area (Å²) >= 11 is 0. The van der Waals surface area contributed by atoms with E-state index in [-0.39, 0.29) is 5.91 Å². The van der Waals surface area contributed by atoms with Crippen LogP contribution < -0.4 is 10.2 Å². The van der Waals surface area contributed by atoms with Gasteiger partial charge in [-0.25, -0.2) is 9.97 Å². The van der Waals surface area contributed by atoms with E-state index in [4.69, 9.17) is 4.74 Å². The lowest BCUT2D eigenvalue weighted by atomic mass is 10.2. The minimum Gasteiger partial charge on any atom is -0.379 e. The van der Waals surface area contributed by atoms with Crippen LogP contribution in [0, 0.1) is 0 Å². The van der Waals surface area contributed by atoms with E-state index in [0.29, 0.717) is 18.2 Å². The normalized spacial score (nSPS) is 19.8. The predicted molar refractivity (Wildman–Crippen MR) is 92.3 cm³/mol. The highest BCUT2D eigenvalue weighted by Crippen LogP contribution is 2.15. The monoisotopic (exact) mass is 333 g/mol. The zero-order valence-corrected chi connectivity index (χ0v) is 14.2. The Morgan fingerprint density at radius 1 is 1.12 bits per heavy atom. The summed E-state index contributed by atoms with van der Waals surface area (Å²) in [6, 6.07) is 1.69. The number of carbonyl (C=O) groups excluding carboxylic acids is 1. The van der Waals surface area contributed by atoms with Gasteiger partial charge < -0.3 is 15.0 Å². The van der Waals surface area contributed by atoms with Crippen LogP contribution in [0.15, 0.2) is 12.3 Å². The lowest BCUT2D eigenvalue weighted by molar-refractivity contribution is 0.0383. The first-order valence-electron chi connectivity index (χ1n) is 8.99. The highest BCUT2D eigenvalue weighted by molar-refractivity contribution is 5.92. The number of rotatable bonds is 5. The summed E-state index contributed by atoms with van der Waals surface area (Å²) in [5, 5.41) is 2.96. The summed E-state index contributed by atoms with van der Waals surface area (Å²) in [6.45, 7) is 6.84.